The minimum Gasteiger partial charge on any atom is -0.111 e. The van der Waals surface area contributed by atoms with Crippen LogP contribution in [0.1, 0.15) is 27.2 Å². The average Bonchev–Trinajstić information content (AvgIpc) is 2.34. The first-order chi connectivity index (χ1) is 4.74. The van der Waals surface area contributed by atoms with Crippen LogP contribution in [-0.2, 0) is 0 Å². The second-order valence-corrected chi connectivity index (χ2v) is 3.22. The van der Waals surface area contributed by atoms with Crippen LogP contribution in [0.2, 0.25) is 0 Å². The Morgan fingerprint density at radius 1 is 1.50 bits per heavy atom. The molecule has 1 aliphatic heterocycles. The van der Waals surface area contributed by atoms with Gasteiger partial charge in [0.05, 0.1) is 0 Å². The quantitative estimate of drug-likeness (QED) is 0.508. The van der Waals surface area contributed by atoms with Crippen molar-refractivity contribution in [3.05, 3.63) is 23.1 Å². The Morgan fingerprint density at radius 3 is 2.50 bits per heavy atom. The first-order valence-electron chi connectivity index (χ1n) is 4.13. The molecule has 0 saturated heterocycles. The van der Waals surface area contributed by atoms with Gasteiger partial charge >= 0.3 is 0 Å². The van der Waals surface area contributed by atoms with Gasteiger partial charge in [0.1, 0.15) is 0 Å². The summed E-state index contributed by atoms with van der Waals surface area (Å²) in [6.45, 7) is 6.73. The van der Waals surface area contributed by atoms with Gasteiger partial charge in [0.2, 0.25) is 0 Å². The minimum atomic E-state index is 0.712. The Hall–Kier alpha value is -0.455. The number of rotatable bonds is 2. The zero-order valence-electron chi connectivity index (χ0n) is 7.15. The zero-order valence-corrected chi connectivity index (χ0v) is 7.15. The van der Waals surface area contributed by atoms with E-state index in [0.717, 1.165) is 0 Å². The van der Waals surface area contributed by atoms with Crippen LogP contribution < -0.4 is 0 Å². The topological polar surface area (TPSA) is 0 Å². The van der Waals surface area contributed by atoms with E-state index in [1.807, 2.05) is 0 Å². The van der Waals surface area contributed by atoms with Crippen LogP contribution in [-0.4, -0.2) is 7.28 Å². The largest absolute Gasteiger partial charge is 0.178 e. The van der Waals surface area contributed by atoms with Crippen molar-refractivity contribution in [1.29, 1.82) is 0 Å². The summed E-state index contributed by atoms with van der Waals surface area (Å²) < 4.78 is 0. The second-order valence-electron chi connectivity index (χ2n) is 3.22. The van der Waals surface area contributed by atoms with Gasteiger partial charge < -0.3 is 0 Å². The van der Waals surface area contributed by atoms with E-state index in [4.69, 9.17) is 0 Å². The molecular formula is C9H15B. The molecule has 0 bridgehead atoms. The van der Waals surface area contributed by atoms with E-state index in [0.29, 0.717) is 5.92 Å². The normalized spacial score (nSPS) is 16.8. The summed E-state index contributed by atoms with van der Waals surface area (Å²) in [6, 6.07) is 0. The highest BCUT2D eigenvalue weighted by molar-refractivity contribution is 6.52. The summed E-state index contributed by atoms with van der Waals surface area (Å²) >= 11 is 0. The van der Waals surface area contributed by atoms with Crippen molar-refractivity contribution in [3.63, 3.8) is 0 Å². The van der Waals surface area contributed by atoms with Gasteiger partial charge in [-0.15, -0.1) is 11.4 Å². The predicted octanol–water partition coefficient (Wildman–Crippen LogP) is 2.27. The number of allylic oxidation sites excluding steroid dienone is 3. The average molecular weight is 134 g/mol. The van der Waals surface area contributed by atoms with Crippen LogP contribution in [0.5, 0.6) is 0 Å². The van der Waals surface area contributed by atoms with Crippen LogP contribution in [0, 0.1) is 5.92 Å². The van der Waals surface area contributed by atoms with Gasteiger partial charge in [-0.1, -0.05) is 32.4 Å². The molecule has 0 fully saturated rings. The number of hydrogen-bond acceptors (Lipinski definition) is 0. The molecule has 0 amide bonds. The van der Waals surface area contributed by atoms with Crippen molar-refractivity contribution < 1.29 is 0 Å². The summed E-state index contributed by atoms with van der Waals surface area (Å²) in [5.41, 5.74) is 3.11. The molecule has 0 unspecified atom stereocenters. The molecule has 0 aromatic heterocycles. The van der Waals surface area contributed by atoms with Gasteiger partial charge in [-0.25, -0.2) is 0 Å². The van der Waals surface area contributed by atoms with Crippen molar-refractivity contribution in [1.82, 2.24) is 0 Å². The molecule has 0 spiro atoms. The summed E-state index contributed by atoms with van der Waals surface area (Å²) in [4.78, 5) is 0. The molecule has 1 heteroatoms. The monoisotopic (exact) mass is 134 g/mol. The fourth-order valence-corrected chi connectivity index (χ4v) is 1.25. The molecule has 0 saturated carbocycles. The summed E-state index contributed by atoms with van der Waals surface area (Å²) in [5, 5.41) is 0. The first kappa shape index (κ1) is 7.65. The lowest BCUT2D eigenvalue weighted by Gasteiger charge is -2.01. The smallest absolute Gasteiger partial charge is 0.111 e. The van der Waals surface area contributed by atoms with Gasteiger partial charge in [0, 0.05) is 0 Å². The molecule has 1 rings (SSSR count). The van der Waals surface area contributed by atoms with Crippen molar-refractivity contribution in [2.45, 2.75) is 27.2 Å². The maximum Gasteiger partial charge on any atom is 0.178 e. The highest BCUT2D eigenvalue weighted by atomic mass is 14.0. The molecule has 1 aliphatic rings. The molecule has 0 radical (unpaired) electrons. The van der Waals surface area contributed by atoms with E-state index in [2.05, 4.69) is 32.8 Å². The molecule has 0 aromatic rings. The van der Waals surface area contributed by atoms with E-state index in [1.54, 1.807) is 5.47 Å². The molecule has 0 nitrogen and oxygen atoms in total. The molecule has 0 aromatic carbocycles. The fourth-order valence-electron chi connectivity index (χ4n) is 1.25. The lowest BCUT2D eigenvalue weighted by atomic mass is 9.72. The van der Waals surface area contributed by atoms with Gasteiger partial charge in [0.25, 0.3) is 0 Å². The first-order valence-corrected chi connectivity index (χ1v) is 4.13. The van der Waals surface area contributed by atoms with E-state index >= 15 is 0 Å². The zero-order chi connectivity index (χ0) is 7.56. The van der Waals surface area contributed by atoms with Gasteiger partial charge in [-0.3, -0.25) is 0 Å². The van der Waals surface area contributed by atoms with E-state index in [9.17, 15) is 0 Å². The van der Waals surface area contributed by atoms with E-state index < -0.39 is 0 Å². The maximum atomic E-state index is 2.35. The third kappa shape index (κ3) is 1.53. The van der Waals surface area contributed by atoms with Crippen LogP contribution in [0.3, 0.4) is 0 Å². The Balaban J connectivity index is 2.59. The third-order valence-electron chi connectivity index (χ3n) is 2.09. The Morgan fingerprint density at radius 2 is 2.20 bits per heavy atom. The molecule has 10 heavy (non-hydrogen) atoms. The summed E-state index contributed by atoms with van der Waals surface area (Å²) in [5.74, 6) is 3.06. The highest BCUT2D eigenvalue weighted by Gasteiger charge is 2.08. The van der Waals surface area contributed by atoms with Gasteiger partial charge in [-0.2, -0.15) is 0 Å². The SMILES string of the molecule is CCC1=CC(C(C)C)=CB1. The molecule has 54 valence electrons. The van der Waals surface area contributed by atoms with E-state index in [1.165, 1.54) is 19.3 Å². The third-order valence-corrected chi connectivity index (χ3v) is 2.09. The van der Waals surface area contributed by atoms with Crippen molar-refractivity contribution in [2.75, 3.05) is 0 Å². The Bertz CT molecular complexity index is 175. The predicted molar refractivity (Wildman–Crippen MR) is 48.4 cm³/mol. The van der Waals surface area contributed by atoms with Crippen LogP contribution in [0.4, 0.5) is 0 Å². The second kappa shape index (κ2) is 3.09. The summed E-state index contributed by atoms with van der Waals surface area (Å²) in [6.07, 6.45) is 3.57. The maximum absolute atomic E-state index is 2.35. The molecule has 0 aliphatic carbocycles. The van der Waals surface area contributed by atoms with Crippen LogP contribution in [0.15, 0.2) is 23.1 Å². The number of hydrogen-bond donors (Lipinski definition) is 0. The van der Waals surface area contributed by atoms with E-state index in [-0.39, 0.29) is 0 Å². The summed E-state index contributed by atoms with van der Waals surface area (Å²) in [7, 11) is 1.20. The standard InChI is InChI=1S/C9H15B/c1-4-9-5-8(6-10-9)7(2)3/h5-7,10H,4H2,1-3H3. The van der Waals surface area contributed by atoms with Crippen molar-refractivity contribution in [2.24, 2.45) is 5.92 Å². The molecule has 1 heterocycles. The van der Waals surface area contributed by atoms with Crippen molar-refractivity contribution in [3.8, 4) is 0 Å². The van der Waals surface area contributed by atoms with Crippen LogP contribution in [0.25, 0.3) is 0 Å². The highest BCUT2D eigenvalue weighted by Crippen LogP contribution is 2.19. The van der Waals surface area contributed by atoms with Crippen molar-refractivity contribution >= 4 is 7.28 Å². The minimum absolute atomic E-state index is 0.712. The lowest BCUT2D eigenvalue weighted by Crippen LogP contribution is -1.86. The lowest BCUT2D eigenvalue weighted by molar-refractivity contribution is 0.794. The Labute approximate surface area is 64.3 Å². The van der Waals surface area contributed by atoms with Gasteiger partial charge in [0.15, 0.2) is 7.28 Å². The molecule has 0 N–H and O–H groups in total. The van der Waals surface area contributed by atoms with Crippen LogP contribution >= 0.6 is 0 Å². The Kier molecular flexibility index (Phi) is 2.36. The van der Waals surface area contributed by atoms with Gasteiger partial charge in [-0.05, 0) is 12.3 Å². The fraction of sp³-hybridized carbons (Fsp3) is 0.556. The molecule has 0 atom stereocenters. The molecular weight excluding hydrogens is 119 g/mol.